The van der Waals surface area contributed by atoms with E-state index in [0.717, 1.165) is 18.0 Å². The Bertz CT molecular complexity index is 584. The Morgan fingerprint density at radius 2 is 1.67 bits per heavy atom. The van der Waals surface area contributed by atoms with Crippen LogP contribution in [0.2, 0.25) is 10.0 Å². The first-order valence-electron chi connectivity index (χ1n) is 6.91. The van der Waals surface area contributed by atoms with Gasteiger partial charge in [-0.05, 0) is 67.7 Å². The van der Waals surface area contributed by atoms with Crippen LogP contribution in [0.15, 0.2) is 42.5 Å². The maximum atomic E-state index is 13.9. The Morgan fingerprint density at radius 3 is 2.29 bits per heavy atom. The third-order valence-corrected chi connectivity index (χ3v) is 3.94. The van der Waals surface area contributed by atoms with E-state index in [4.69, 9.17) is 23.2 Å². The monoisotopic (exact) mass is 325 g/mol. The maximum Gasteiger partial charge on any atom is 0.127 e. The molecule has 1 atom stereocenters. The lowest BCUT2D eigenvalue weighted by molar-refractivity contribution is 0.480. The fourth-order valence-corrected chi connectivity index (χ4v) is 2.74. The molecule has 0 spiro atoms. The van der Waals surface area contributed by atoms with E-state index in [1.54, 1.807) is 12.1 Å². The van der Waals surface area contributed by atoms with Gasteiger partial charge in [-0.15, -0.1) is 0 Å². The summed E-state index contributed by atoms with van der Waals surface area (Å²) in [5.41, 5.74) is 1.91. The van der Waals surface area contributed by atoms with Crippen LogP contribution in [0.4, 0.5) is 4.39 Å². The molecule has 0 bridgehead atoms. The number of hydrogen-bond donors (Lipinski definition) is 1. The summed E-state index contributed by atoms with van der Waals surface area (Å²) < 4.78 is 13.9. The molecule has 112 valence electrons. The van der Waals surface area contributed by atoms with Gasteiger partial charge in [0.05, 0.1) is 0 Å². The van der Waals surface area contributed by atoms with Gasteiger partial charge in [-0.3, -0.25) is 0 Å². The zero-order chi connectivity index (χ0) is 15.2. The molecule has 0 aliphatic carbocycles. The topological polar surface area (TPSA) is 12.0 Å². The average Bonchev–Trinajstić information content (AvgIpc) is 2.44. The first-order valence-corrected chi connectivity index (χ1v) is 7.67. The van der Waals surface area contributed by atoms with Crippen molar-refractivity contribution in [2.24, 2.45) is 5.92 Å². The Balaban J connectivity index is 2.09. The molecule has 0 aliphatic heterocycles. The van der Waals surface area contributed by atoms with Crippen molar-refractivity contribution in [1.82, 2.24) is 5.32 Å². The Kier molecular flexibility index (Phi) is 6.04. The largest absolute Gasteiger partial charge is 0.319 e. The van der Waals surface area contributed by atoms with Crippen molar-refractivity contribution in [3.8, 4) is 0 Å². The molecular formula is C17H18Cl2FN. The summed E-state index contributed by atoms with van der Waals surface area (Å²) in [5, 5.41) is 4.33. The summed E-state index contributed by atoms with van der Waals surface area (Å²) in [6.45, 7) is 0.824. The number of nitrogens with one attached hydrogen (secondary N) is 1. The van der Waals surface area contributed by atoms with Crippen molar-refractivity contribution < 1.29 is 4.39 Å². The number of hydrogen-bond acceptors (Lipinski definition) is 1. The van der Waals surface area contributed by atoms with Gasteiger partial charge in [0, 0.05) is 10.0 Å². The number of benzene rings is 2. The first-order chi connectivity index (χ1) is 10.1. The van der Waals surface area contributed by atoms with Crippen molar-refractivity contribution in [2.45, 2.75) is 12.8 Å². The third-order valence-electron chi connectivity index (χ3n) is 3.45. The average molecular weight is 326 g/mol. The van der Waals surface area contributed by atoms with Crippen LogP contribution in [0.25, 0.3) is 0 Å². The van der Waals surface area contributed by atoms with Gasteiger partial charge in [0.15, 0.2) is 0 Å². The molecule has 1 N–H and O–H groups in total. The van der Waals surface area contributed by atoms with Crippen LogP contribution in [0, 0.1) is 11.7 Å². The summed E-state index contributed by atoms with van der Waals surface area (Å²) in [4.78, 5) is 0. The van der Waals surface area contributed by atoms with Crippen LogP contribution in [0.3, 0.4) is 0 Å². The van der Waals surface area contributed by atoms with Gasteiger partial charge >= 0.3 is 0 Å². The normalized spacial score (nSPS) is 12.4. The molecule has 0 heterocycles. The van der Waals surface area contributed by atoms with Gasteiger partial charge in [0.25, 0.3) is 0 Å². The second kappa shape index (κ2) is 7.79. The fourth-order valence-electron chi connectivity index (χ4n) is 2.46. The van der Waals surface area contributed by atoms with Crippen LogP contribution >= 0.6 is 23.2 Å². The van der Waals surface area contributed by atoms with Gasteiger partial charge in [0.2, 0.25) is 0 Å². The molecule has 0 radical (unpaired) electrons. The van der Waals surface area contributed by atoms with Crippen molar-refractivity contribution in [3.63, 3.8) is 0 Å². The van der Waals surface area contributed by atoms with E-state index in [9.17, 15) is 4.39 Å². The minimum Gasteiger partial charge on any atom is -0.319 e. The molecule has 0 fully saturated rings. The molecule has 21 heavy (non-hydrogen) atoms. The van der Waals surface area contributed by atoms with E-state index >= 15 is 0 Å². The smallest absolute Gasteiger partial charge is 0.127 e. The van der Waals surface area contributed by atoms with E-state index < -0.39 is 0 Å². The van der Waals surface area contributed by atoms with Gasteiger partial charge in [-0.25, -0.2) is 4.39 Å². The third kappa shape index (κ3) is 4.99. The molecule has 2 aromatic carbocycles. The van der Waals surface area contributed by atoms with Gasteiger partial charge in [-0.1, -0.05) is 41.4 Å². The zero-order valence-electron chi connectivity index (χ0n) is 11.9. The minimum absolute atomic E-state index is 0.236. The van der Waals surface area contributed by atoms with E-state index in [1.165, 1.54) is 11.6 Å². The molecule has 0 aromatic heterocycles. The maximum absolute atomic E-state index is 13.9. The van der Waals surface area contributed by atoms with Gasteiger partial charge in [-0.2, -0.15) is 0 Å². The van der Waals surface area contributed by atoms with Crippen molar-refractivity contribution in [3.05, 3.63) is 69.5 Å². The van der Waals surface area contributed by atoms with E-state index in [-0.39, 0.29) is 5.82 Å². The SMILES string of the molecule is CNCC(Cc1ccc(Cl)cc1)Cc1ccc(Cl)cc1F. The van der Waals surface area contributed by atoms with Crippen LogP contribution in [-0.4, -0.2) is 13.6 Å². The summed E-state index contributed by atoms with van der Waals surface area (Å²) >= 11 is 11.7. The minimum atomic E-state index is -0.236. The predicted octanol–water partition coefficient (Wildman–Crippen LogP) is 4.75. The Hall–Kier alpha value is -1.09. The van der Waals surface area contributed by atoms with Crippen molar-refractivity contribution in [2.75, 3.05) is 13.6 Å². The standard InChI is InChI=1S/C17H18Cl2FN/c1-21-11-13(8-12-2-5-15(18)6-3-12)9-14-4-7-16(19)10-17(14)20/h2-7,10,13,21H,8-9,11H2,1H3. The molecule has 1 unspecified atom stereocenters. The first kappa shape index (κ1) is 16.3. The number of rotatable bonds is 6. The molecule has 2 aromatic rings. The molecule has 0 saturated heterocycles. The summed E-state index contributed by atoms with van der Waals surface area (Å²) in [6.07, 6.45) is 1.55. The predicted molar refractivity (Wildman–Crippen MR) is 87.7 cm³/mol. The van der Waals surface area contributed by atoms with E-state index in [0.29, 0.717) is 22.9 Å². The van der Waals surface area contributed by atoms with Crippen molar-refractivity contribution in [1.29, 1.82) is 0 Å². The molecule has 0 saturated carbocycles. The highest BCUT2D eigenvalue weighted by molar-refractivity contribution is 6.30. The summed E-state index contributed by atoms with van der Waals surface area (Å²) in [5.74, 6) is 0.0755. The fraction of sp³-hybridized carbons (Fsp3) is 0.294. The second-order valence-corrected chi connectivity index (χ2v) is 6.07. The zero-order valence-corrected chi connectivity index (χ0v) is 13.4. The highest BCUT2D eigenvalue weighted by Crippen LogP contribution is 2.20. The van der Waals surface area contributed by atoms with Gasteiger partial charge in [0.1, 0.15) is 5.82 Å². The lowest BCUT2D eigenvalue weighted by atomic mass is 9.92. The second-order valence-electron chi connectivity index (χ2n) is 5.19. The van der Waals surface area contributed by atoms with Crippen LogP contribution in [0.1, 0.15) is 11.1 Å². The lowest BCUT2D eigenvalue weighted by Gasteiger charge is -2.17. The molecular weight excluding hydrogens is 308 g/mol. The van der Waals surface area contributed by atoms with Gasteiger partial charge < -0.3 is 5.32 Å². The molecule has 4 heteroatoms. The summed E-state index contributed by atoms with van der Waals surface area (Å²) in [7, 11) is 1.91. The highest BCUT2D eigenvalue weighted by atomic mass is 35.5. The molecule has 0 amide bonds. The lowest BCUT2D eigenvalue weighted by Crippen LogP contribution is -2.23. The molecule has 0 aliphatic rings. The van der Waals surface area contributed by atoms with Crippen LogP contribution < -0.4 is 5.32 Å². The van der Waals surface area contributed by atoms with Crippen molar-refractivity contribution >= 4 is 23.2 Å². The molecule has 1 nitrogen and oxygen atoms in total. The quantitative estimate of drug-likeness (QED) is 0.807. The molecule has 2 rings (SSSR count). The van der Waals surface area contributed by atoms with Crippen LogP contribution in [0.5, 0.6) is 0 Å². The Morgan fingerprint density at radius 1 is 1.00 bits per heavy atom. The highest BCUT2D eigenvalue weighted by Gasteiger charge is 2.13. The number of halogens is 3. The van der Waals surface area contributed by atoms with E-state index in [1.807, 2.05) is 31.3 Å². The van der Waals surface area contributed by atoms with E-state index in [2.05, 4.69) is 5.32 Å². The Labute approximate surface area is 135 Å². The van der Waals surface area contributed by atoms with Crippen LogP contribution in [-0.2, 0) is 12.8 Å². The summed E-state index contributed by atoms with van der Waals surface area (Å²) in [6, 6.07) is 12.7.